The largest absolute Gasteiger partial charge is 0.573 e. The van der Waals surface area contributed by atoms with Crippen LogP contribution in [0.3, 0.4) is 0 Å². The van der Waals surface area contributed by atoms with Gasteiger partial charge in [-0.1, -0.05) is 18.5 Å². The molecule has 0 unspecified atom stereocenters. The van der Waals surface area contributed by atoms with Crippen molar-refractivity contribution < 1.29 is 27.4 Å². The van der Waals surface area contributed by atoms with E-state index in [0.29, 0.717) is 29.4 Å². The average Bonchev–Trinajstić information content (AvgIpc) is 2.89. The Hall–Kier alpha value is -3.43. The zero-order chi connectivity index (χ0) is 28.0. The van der Waals surface area contributed by atoms with Gasteiger partial charge in [0.2, 0.25) is 0 Å². The van der Waals surface area contributed by atoms with Crippen LogP contribution < -0.4 is 19.5 Å². The average molecular weight is 562 g/mol. The van der Waals surface area contributed by atoms with Gasteiger partial charge in [0.15, 0.2) is 0 Å². The number of fused-ring (bicyclic) bond motifs is 2. The summed E-state index contributed by atoms with van der Waals surface area (Å²) in [5, 5.41) is 6.10. The summed E-state index contributed by atoms with van der Waals surface area (Å²) in [4.78, 5) is 6.96. The minimum atomic E-state index is -4.75. The Balaban J connectivity index is 1.50. The Morgan fingerprint density at radius 3 is 2.41 bits per heavy atom. The molecule has 0 aliphatic rings. The molecule has 208 valence electrons. The number of pyridine rings is 1. The molecule has 1 N–H and O–H groups in total. The van der Waals surface area contributed by atoms with Crippen LogP contribution in [-0.4, -0.2) is 50.1 Å². The maximum Gasteiger partial charge on any atom is 0.573 e. The fourth-order valence-electron chi connectivity index (χ4n) is 4.63. The molecule has 0 atom stereocenters. The van der Waals surface area contributed by atoms with Crippen molar-refractivity contribution in [2.45, 2.75) is 32.7 Å². The molecule has 3 aromatic carbocycles. The molecule has 0 aliphatic carbocycles. The molecule has 0 amide bonds. The second kappa shape index (κ2) is 12.6. The molecule has 1 heterocycles. The van der Waals surface area contributed by atoms with Crippen molar-refractivity contribution in [3.63, 3.8) is 0 Å². The van der Waals surface area contributed by atoms with Gasteiger partial charge in [-0.15, -0.1) is 13.2 Å². The molecule has 4 aromatic rings. The lowest BCUT2D eigenvalue weighted by Gasteiger charge is -2.24. The van der Waals surface area contributed by atoms with Crippen LogP contribution in [0.1, 0.15) is 25.3 Å². The van der Waals surface area contributed by atoms with E-state index in [4.69, 9.17) is 26.1 Å². The van der Waals surface area contributed by atoms with Gasteiger partial charge in [-0.25, -0.2) is 4.98 Å². The summed E-state index contributed by atoms with van der Waals surface area (Å²) in [6, 6.07) is 15.6. The lowest BCUT2D eigenvalue weighted by molar-refractivity contribution is -0.274. The predicted octanol–water partition coefficient (Wildman–Crippen LogP) is 7.67. The monoisotopic (exact) mass is 561 g/mol. The van der Waals surface area contributed by atoms with Crippen LogP contribution >= 0.6 is 11.6 Å². The summed E-state index contributed by atoms with van der Waals surface area (Å²) in [6.07, 6.45) is -3.06. The van der Waals surface area contributed by atoms with Crippen LogP contribution in [-0.2, 0) is 6.54 Å². The molecule has 0 radical (unpaired) electrons. The minimum absolute atomic E-state index is 0.261. The number of rotatable bonds is 12. The summed E-state index contributed by atoms with van der Waals surface area (Å²) >= 11 is 6.23. The van der Waals surface area contributed by atoms with Crippen molar-refractivity contribution in [3.8, 4) is 17.2 Å². The Morgan fingerprint density at radius 1 is 0.897 bits per heavy atom. The molecule has 4 rings (SSSR count). The number of methoxy groups -OCH3 is 2. The van der Waals surface area contributed by atoms with Crippen LogP contribution in [0, 0.1) is 0 Å². The van der Waals surface area contributed by atoms with E-state index < -0.39 is 6.36 Å². The first kappa shape index (κ1) is 28.6. The van der Waals surface area contributed by atoms with Gasteiger partial charge in [-0.2, -0.15) is 0 Å². The molecule has 0 spiro atoms. The molecule has 0 saturated heterocycles. The van der Waals surface area contributed by atoms with E-state index in [9.17, 15) is 13.2 Å². The third-order valence-corrected chi connectivity index (χ3v) is 6.55. The molecule has 0 saturated carbocycles. The second-order valence-corrected chi connectivity index (χ2v) is 9.55. The normalized spacial score (nSPS) is 11.8. The van der Waals surface area contributed by atoms with Gasteiger partial charge < -0.3 is 19.5 Å². The number of ether oxygens (including phenoxy) is 3. The molecule has 0 bridgehead atoms. The topological polar surface area (TPSA) is 55.9 Å². The highest BCUT2D eigenvalue weighted by atomic mass is 35.5. The number of nitrogens with one attached hydrogen (secondary N) is 1. The maximum atomic E-state index is 12.8. The summed E-state index contributed by atoms with van der Waals surface area (Å²) in [7, 11) is 3.13. The second-order valence-electron chi connectivity index (χ2n) is 9.11. The van der Waals surface area contributed by atoms with Gasteiger partial charge in [-0.3, -0.25) is 4.90 Å². The number of nitrogens with zero attached hydrogens (tertiary/aromatic N) is 2. The smallest absolute Gasteiger partial charge is 0.497 e. The zero-order valence-corrected chi connectivity index (χ0v) is 22.8. The van der Waals surface area contributed by atoms with Crippen molar-refractivity contribution in [2.24, 2.45) is 0 Å². The van der Waals surface area contributed by atoms with Gasteiger partial charge in [0, 0.05) is 41.0 Å². The Bertz CT molecular complexity index is 1430. The van der Waals surface area contributed by atoms with Gasteiger partial charge in [-0.05, 0) is 74.0 Å². The molecule has 10 heteroatoms. The van der Waals surface area contributed by atoms with E-state index in [-0.39, 0.29) is 5.75 Å². The number of anilines is 1. The van der Waals surface area contributed by atoms with Gasteiger partial charge in [0.05, 0.1) is 30.9 Å². The third kappa shape index (κ3) is 7.36. The van der Waals surface area contributed by atoms with Crippen LogP contribution in [0.4, 0.5) is 18.9 Å². The fourth-order valence-corrected chi connectivity index (χ4v) is 4.80. The maximum absolute atomic E-state index is 12.8. The number of halogens is 4. The van der Waals surface area contributed by atoms with E-state index in [2.05, 4.69) is 21.9 Å². The lowest BCUT2D eigenvalue weighted by Crippen LogP contribution is -2.27. The van der Waals surface area contributed by atoms with Gasteiger partial charge >= 0.3 is 6.36 Å². The highest BCUT2D eigenvalue weighted by Gasteiger charge is 2.31. The van der Waals surface area contributed by atoms with E-state index >= 15 is 0 Å². The molecule has 0 fully saturated rings. The summed E-state index contributed by atoms with van der Waals surface area (Å²) in [5.74, 6) is 0.995. The van der Waals surface area contributed by atoms with E-state index in [1.54, 1.807) is 7.11 Å². The van der Waals surface area contributed by atoms with Crippen molar-refractivity contribution in [1.29, 1.82) is 0 Å². The summed E-state index contributed by atoms with van der Waals surface area (Å²) < 4.78 is 53.2. The Kier molecular flexibility index (Phi) is 9.24. The first-order valence-electron chi connectivity index (χ1n) is 12.7. The lowest BCUT2D eigenvalue weighted by atomic mass is 10.1. The van der Waals surface area contributed by atoms with E-state index in [1.807, 2.05) is 36.4 Å². The number of benzene rings is 3. The predicted molar refractivity (Wildman–Crippen MR) is 149 cm³/mol. The number of hydrogen-bond acceptors (Lipinski definition) is 6. The van der Waals surface area contributed by atoms with Crippen LogP contribution in [0.25, 0.3) is 21.8 Å². The fraction of sp³-hybridized carbons (Fsp3) is 0.345. The SMILES string of the molecule is CCCN(CCCNc1c2ccc(Cl)cc2nc2ccc(OC)cc12)Cc1cc(OC(F)(F)F)ccc1OC. The molecule has 0 aliphatic heterocycles. The Labute approximate surface area is 230 Å². The zero-order valence-electron chi connectivity index (χ0n) is 22.1. The van der Waals surface area contributed by atoms with Crippen LogP contribution in [0.2, 0.25) is 5.02 Å². The summed E-state index contributed by atoms with van der Waals surface area (Å²) in [5.41, 5.74) is 3.21. The highest BCUT2D eigenvalue weighted by molar-refractivity contribution is 6.31. The van der Waals surface area contributed by atoms with E-state index in [1.165, 1.54) is 25.3 Å². The molecule has 39 heavy (non-hydrogen) atoms. The molecular weight excluding hydrogens is 531 g/mol. The molecular formula is C29H31ClF3N3O3. The number of hydrogen-bond donors (Lipinski definition) is 1. The third-order valence-electron chi connectivity index (χ3n) is 6.32. The van der Waals surface area contributed by atoms with Gasteiger partial charge in [0.25, 0.3) is 0 Å². The first-order valence-corrected chi connectivity index (χ1v) is 13.0. The number of alkyl halides is 3. The highest BCUT2D eigenvalue weighted by Crippen LogP contribution is 2.34. The Morgan fingerprint density at radius 2 is 1.69 bits per heavy atom. The van der Waals surface area contributed by atoms with Crippen molar-refractivity contribution >= 4 is 39.1 Å². The molecule has 6 nitrogen and oxygen atoms in total. The van der Waals surface area contributed by atoms with Crippen molar-refractivity contribution in [3.05, 3.63) is 65.2 Å². The van der Waals surface area contributed by atoms with Crippen molar-refractivity contribution in [2.75, 3.05) is 39.2 Å². The first-order chi connectivity index (χ1) is 18.7. The van der Waals surface area contributed by atoms with Crippen LogP contribution in [0.15, 0.2) is 54.6 Å². The van der Waals surface area contributed by atoms with E-state index in [0.717, 1.165) is 59.2 Å². The standard InChI is InChI=1S/C29H31ClF3N3O3/c1-4-13-36(18-19-15-22(39-29(31,32)33)8-11-27(19)38-3)14-5-12-34-28-23-9-6-20(30)16-26(23)35-25-10-7-21(37-2)17-24(25)28/h6-11,15-17H,4-5,12-14,18H2,1-3H3,(H,34,35). The van der Waals surface area contributed by atoms with Crippen LogP contribution in [0.5, 0.6) is 17.2 Å². The minimum Gasteiger partial charge on any atom is -0.497 e. The summed E-state index contributed by atoms with van der Waals surface area (Å²) in [6.45, 7) is 4.68. The molecule has 1 aromatic heterocycles. The number of aromatic nitrogens is 1. The quantitative estimate of drug-likeness (QED) is 0.141. The van der Waals surface area contributed by atoms with Gasteiger partial charge in [0.1, 0.15) is 17.2 Å². The van der Waals surface area contributed by atoms with Crippen molar-refractivity contribution in [1.82, 2.24) is 9.88 Å².